The molecular weight excluding hydrogens is 242 g/mol. The minimum absolute atomic E-state index is 0.142. The minimum atomic E-state index is -0.142. The number of anilines is 1. The number of hydrogen-bond acceptors (Lipinski definition) is 4. The van der Waals surface area contributed by atoms with E-state index in [1.165, 1.54) is 0 Å². The van der Waals surface area contributed by atoms with Crippen molar-refractivity contribution in [1.29, 1.82) is 0 Å². The molecule has 1 fully saturated rings. The monoisotopic (exact) mass is 263 g/mol. The van der Waals surface area contributed by atoms with Gasteiger partial charge in [-0.25, -0.2) is 0 Å². The van der Waals surface area contributed by atoms with Crippen molar-refractivity contribution in [2.24, 2.45) is 5.92 Å². The number of esters is 1. The highest BCUT2D eigenvalue weighted by Gasteiger charge is 2.18. The van der Waals surface area contributed by atoms with Gasteiger partial charge in [0.15, 0.2) is 0 Å². The van der Waals surface area contributed by atoms with Crippen molar-refractivity contribution in [3.63, 3.8) is 0 Å². The van der Waals surface area contributed by atoms with E-state index < -0.39 is 0 Å². The molecule has 0 bridgehead atoms. The summed E-state index contributed by atoms with van der Waals surface area (Å²) in [6.07, 6.45) is 1.39. The summed E-state index contributed by atoms with van der Waals surface area (Å²) in [7, 11) is 0. The first kappa shape index (κ1) is 13.9. The Morgan fingerprint density at radius 1 is 1.47 bits per heavy atom. The number of carbonyl (C=O) groups excluding carboxylic acids is 1. The lowest BCUT2D eigenvalue weighted by Gasteiger charge is -2.13. The zero-order chi connectivity index (χ0) is 13.7. The van der Waals surface area contributed by atoms with Crippen molar-refractivity contribution in [3.05, 3.63) is 29.8 Å². The maximum atomic E-state index is 11.8. The van der Waals surface area contributed by atoms with E-state index in [9.17, 15) is 4.79 Å². The van der Waals surface area contributed by atoms with Crippen LogP contribution in [0.25, 0.3) is 0 Å². The van der Waals surface area contributed by atoms with Gasteiger partial charge in [0.2, 0.25) is 0 Å². The number of rotatable bonds is 5. The van der Waals surface area contributed by atoms with Crippen molar-refractivity contribution < 1.29 is 14.3 Å². The van der Waals surface area contributed by atoms with Gasteiger partial charge < -0.3 is 15.2 Å². The van der Waals surface area contributed by atoms with Gasteiger partial charge in [0.25, 0.3) is 0 Å². The van der Waals surface area contributed by atoms with E-state index in [0.29, 0.717) is 25.6 Å². The molecule has 2 unspecified atom stereocenters. The Labute approximate surface area is 113 Å². The van der Waals surface area contributed by atoms with Crippen molar-refractivity contribution in [2.45, 2.75) is 25.7 Å². The van der Waals surface area contributed by atoms with Crippen molar-refractivity contribution in [2.75, 3.05) is 25.6 Å². The number of ether oxygens (including phenoxy) is 2. The summed E-state index contributed by atoms with van der Waals surface area (Å²) in [5, 5.41) is 0. The fourth-order valence-corrected chi connectivity index (χ4v) is 2.18. The first-order valence-corrected chi connectivity index (χ1v) is 6.74. The molecule has 1 heterocycles. The van der Waals surface area contributed by atoms with Crippen LogP contribution in [-0.4, -0.2) is 25.8 Å². The molecule has 2 rings (SSSR count). The molecule has 2 atom stereocenters. The molecule has 0 aromatic heterocycles. The van der Waals surface area contributed by atoms with E-state index in [-0.39, 0.29) is 11.9 Å². The largest absolute Gasteiger partial charge is 0.465 e. The molecule has 4 heteroatoms. The van der Waals surface area contributed by atoms with Gasteiger partial charge in [-0.15, -0.1) is 0 Å². The highest BCUT2D eigenvalue weighted by atomic mass is 16.5. The highest BCUT2D eigenvalue weighted by molar-refractivity contribution is 5.70. The molecule has 0 saturated carbocycles. The van der Waals surface area contributed by atoms with Gasteiger partial charge in [0.1, 0.15) is 0 Å². The van der Waals surface area contributed by atoms with Crippen LogP contribution in [0.2, 0.25) is 0 Å². The van der Waals surface area contributed by atoms with E-state index in [0.717, 1.165) is 24.3 Å². The first-order chi connectivity index (χ1) is 9.15. The molecule has 4 nitrogen and oxygen atoms in total. The zero-order valence-electron chi connectivity index (χ0n) is 11.3. The molecule has 0 amide bonds. The normalized spacial score (nSPS) is 20.2. The third-order valence-corrected chi connectivity index (χ3v) is 3.48. The van der Waals surface area contributed by atoms with E-state index >= 15 is 0 Å². The van der Waals surface area contributed by atoms with Gasteiger partial charge in [-0.1, -0.05) is 19.1 Å². The van der Waals surface area contributed by atoms with Crippen LogP contribution in [0, 0.1) is 5.92 Å². The van der Waals surface area contributed by atoms with E-state index in [4.69, 9.17) is 15.2 Å². The van der Waals surface area contributed by atoms with Gasteiger partial charge >= 0.3 is 5.97 Å². The van der Waals surface area contributed by atoms with Crippen LogP contribution in [0.1, 0.15) is 31.2 Å². The Morgan fingerprint density at radius 3 is 2.84 bits per heavy atom. The lowest BCUT2D eigenvalue weighted by molar-refractivity contribution is -0.145. The molecule has 0 spiro atoms. The summed E-state index contributed by atoms with van der Waals surface area (Å²) >= 11 is 0. The summed E-state index contributed by atoms with van der Waals surface area (Å²) < 4.78 is 10.5. The van der Waals surface area contributed by atoms with Crippen LogP contribution in [-0.2, 0) is 14.3 Å². The summed E-state index contributed by atoms with van der Waals surface area (Å²) in [5.41, 5.74) is 7.48. The molecule has 104 valence electrons. The van der Waals surface area contributed by atoms with Crippen LogP contribution < -0.4 is 5.73 Å². The van der Waals surface area contributed by atoms with Crippen LogP contribution in [0.3, 0.4) is 0 Å². The number of benzene rings is 1. The Morgan fingerprint density at radius 2 is 2.21 bits per heavy atom. The van der Waals surface area contributed by atoms with E-state index in [1.54, 1.807) is 0 Å². The van der Waals surface area contributed by atoms with Gasteiger partial charge in [0.05, 0.1) is 19.6 Å². The van der Waals surface area contributed by atoms with Gasteiger partial charge in [-0.05, 0) is 30.0 Å². The number of hydrogen-bond donors (Lipinski definition) is 1. The van der Waals surface area contributed by atoms with Gasteiger partial charge in [-0.3, -0.25) is 4.79 Å². The molecule has 0 aliphatic carbocycles. The Bertz CT molecular complexity index is 410. The summed E-state index contributed by atoms with van der Waals surface area (Å²) in [6, 6.07) is 7.62. The van der Waals surface area contributed by atoms with Gasteiger partial charge in [-0.2, -0.15) is 0 Å². The molecule has 1 aliphatic heterocycles. The molecule has 1 saturated heterocycles. The molecule has 1 aromatic rings. The molecular formula is C15H21NO3. The number of nitrogen functional groups attached to an aromatic ring is 1. The maximum Gasteiger partial charge on any atom is 0.306 e. The Balaban J connectivity index is 1.76. The third-order valence-electron chi connectivity index (χ3n) is 3.48. The second-order valence-electron chi connectivity index (χ2n) is 5.18. The first-order valence-electron chi connectivity index (χ1n) is 6.74. The molecule has 1 aliphatic rings. The summed E-state index contributed by atoms with van der Waals surface area (Å²) in [6.45, 7) is 3.99. The van der Waals surface area contributed by atoms with Crippen LogP contribution in [0.5, 0.6) is 0 Å². The molecule has 1 aromatic carbocycles. The Kier molecular flexibility index (Phi) is 4.80. The van der Waals surface area contributed by atoms with Crippen molar-refractivity contribution in [1.82, 2.24) is 0 Å². The number of carbonyl (C=O) groups is 1. The fraction of sp³-hybridized carbons (Fsp3) is 0.533. The fourth-order valence-electron chi connectivity index (χ4n) is 2.18. The van der Waals surface area contributed by atoms with Crippen molar-refractivity contribution >= 4 is 11.7 Å². The van der Waals surface area contributed by atoms with Crippen LogP contribution >= 0.6 is 0 Å². The topological polar surface area (TPSA) is 61.5 Å². The predicted octanol–water partition coefficient (Wildman–Crippen LogP) is 2.34. The van der Waals surface area contributed by atoms with E-state index in [2.05, 4.69) is 0 Å². The minimum Gasteiger partial charge on any atom is -0.465 e. The molecule has 0 radical (unpaired) electrons. The second-order valence-corrected chi connectivity index (χ2v) is 5.18. The maximum absolute atomic E-state index is 11.8. The lowest BCUT2D eigenvalue weighted by atomic mass is 9.98. The average molecular weight is 263 g/mol. The van der Waals surface area contributed by atoms with Crippen LogP contribution in [0.4, 0.5) is 5.69 Å². The Hall–Kier alpha value is -1.55. The smallest absolute Gasteiger partial charge is 0.306 e. The zero-order valence-corrected chi connectivity index (χ0v) is 11.3. The SMILES string of the molecule is CC(CC(=O)OCC1CCOC1)c1ccc(N)cc1. The summed E-state index contributed by atoms with van der Waals surface area (Å²) in [5.74, 6) is 0.375. The second kappa shape index (κ2) is 6.57. The van der Waals surface area contributed by atoms with Gasteiger partial charge in [0, 0.05) is 18.2 Å². The summed E-state index contributed by atoms with van der Waals surface area (Å²) in [4.78, 5) is 11.8. The van der Waals surface area contributed by atoms with E-state index in [1.807, 2.05) is 31.2 Å². The van der Waals surface area contributed by atoms with Crippen LogP contribution in [0.15, 0.2) is 24.3 Å². The standard InChI is InChI=1S/C15H21NO3/c1-11(13-2-4-14(16)5-3-13)8-15(17)19-10-12-6-7-18-9-12/h2-5,11-12H,6-10,16H2,1H3. The average Bonchev–Trinajstić information content (AvgIpc) is 2.90. The highest BCUT2D eigenvalue weighted by Crippen LogP contribution is 2.21. The molecule has 19 heavy (non-hydrogen) atoms. The molecule has 2 N–H and O–H groups in total. The lowest BCUT2D eigenvalue weighted by Crippen LogP contribution is -2.15. The predicted molar refractivity (Wildman–Crippen MR) is 73.8 cm³/mol. The van der Waals surface area contributed by atoms with Crippen molar-refractivity contribution in [3.8, 4) is 0 Å². The number of nitrogens with two attached hydrogens (primary N) is 1. The third kappa shape index (κ3) is 4.24. The quantitative estimate of drug-likeness (QED) is 0.654.